The molecule has 140 valence electrons. The Morgan fingerprint density at radius 3 is 2.78 bits per heavy atom. The van der Waals surface area contributed by atoms with Crippen LogP contribution in [0.3, 0.4) is 0 Å². The molecule has 0 fully saturated rings. The number of likely N-dealkylation sites (N-methyl/N-ethyl adjacent to an activating group) is 1. The lowest BCUT2D eigenvalue weighted by atomic mass is 10.2. The molecular formula is C20H21N3O2S2. The number of fused-ring (bicyclic) bond motifs is 1. The summed E-state index contributed by atoms with van der Waals surface area (Å²) in [6.07, 6.45) is 0. The number of thiophene rings is 1. The number of nitrogens with one attached hydrogen (secondary N) is 1. The van der Waals surface area contributed by atoms with E-state index in [0.29, 0.717) is 13.1 Å². The Morgan fingerprint density at radius 1 is 1.15 bits per heavy atom. The molecule has 27 heavy (non-hydrogen) atoms. The van der Waals surface area contributed by atoms with Crippen molar-refractivity contribution in [3.8, 4) is 0 Å². The Hall–Kier alpha value is -2.38. The summed E-state index contributed by atoms with van der Waals surface area (Å²) < 4.78 is 0. The fourth-order valence-corrected chi connectivity index (χ4v) is 3.98. The first kappa shape index (κ1) is 19.4. The molecule has 2 heterocycles. The topological polar surface area (TPSA) is 62.3 Å². The van der Waals surface area contributed by atoms with E-state index in [2.05, 4.69) is 10.3 Å². The van der Waals surface area contributed by atoms with Gasteiger partial charge in [0.15, 0.2) is 0 Å². The van der Waals surface area contributed by atoms with Crippen LogP contribution >= 0.6 is 23.1 Å². The van der Waals surface area contributed by atoms with Gasteiger partial charge in [0.1, 0.15) is 0 Å². The minimum atomic E-state index is -0.146. The number of benzene rings is 1. The largest absolute Gasteiger partial charge is 0.350 e. The predicted octanol–water partition coefficient (Wildman–Crippen LogP) is 3.55. The maximum atomic E-state index is 12.5. The van der Waals surface area contributed by atoms with Crippen LogP contribution in [0.15, 0.2) is 58.9 Å². The number of para-hydroxylation sites is 1. The van der Waals surface area contributed by atoms with Crippen molar-refractivity contribution in [2.45, 2.75) is 18.5 Å². The number of amides is 2. The molecule has 0 unspecified atom stereocenters. The van der Waals surface area contributed by atoms with Crippen molar-refractivity contribution in [2.24, 2.45) is 0 Å². The molecule has 3 rings (SSSR count). The highest BCUT2D eigenvalue weighted by molar-refractivity contribution is 7.99. The zero-order valence-electron chi connectivity index (χ0n) is 15.1. The van der Waals surface area contributed by atoms with Gasteiger partial charge in [0, 0.05) is 16.8 Å². The third-order valence-electron chi connectivity index (χ3n) is 4.03. The van der Waals surface area contributed by atoms with E-state index in [0.717, 1.165) is 20.8 Å². The third kappa shape index (κ3) is 5.55. The SMILES string of the molecule is CCN(CC(=O)NCc1cccs1)C(=O)CSc1ccc2ccccc2n1. The van der Waals surface area contributed by atoms with Gasteiger partial charge < -0.3 is 10.2 Å². The summed E-state index contributed by atoms with van der Waals surface area (Å²) in [4.78, 5) is 31.8. The zero-order chi connectivity index (χ0) is 19.1. The number of carbonyl (C=O) groups is 2. The molecule has 7 heteroatoms. The molecule has 5 nitrogen and oxygen atoms in total. The lowest BCUT2D eigenvalue weighted by molar-refractivity contribution is -0.133. The van der Waals surface area contributed by atoms with Crippen molar-refractivity contribution in [3.63, 3.8) is 0 Å². The molecule has 0 aliphatic carbocycles. The number of pyridine rings is 1. The van der Waals surface area contributed by atoms with E-state index in [1.54, 1.807) is 16.2 Å². The van der Waals surface area contributed by atoms with Gasteiger partial charge in [-0.15, -0.1) is 11.3 Å². The molecule has 2 amide bonds. The fraction of sp³-hybridized carbons (Fsp3) is 0.250. The lowest BCUT2D eigenvalue weighted by Gasteiger charge is -2.20. The Labute approximate surface area is 166 Å². The van der Waals surface area contributed by atoms with Crippen LogP contribution in [0.2, 0.25) is 0 Å². The van der Waals surface area contributed by atoms with Crippen LogP contribution in [0.5, 0.6) is 0 Å². The first-order valence-electron chi connectivity index (χ1n) is 8.71. The second-order valence-corrected chi connectivity index (χ2v) is 7.92. The molecule has 0 saturated carbocycles. The van der Waals surface area contributed by atoms with Crippen molar-refractivity contribution in [2.75, 3.05) is 18.8 Å². The molecule has 1 N–H and O–H groups in total. The number of carbonyl (C=O) groups excluding carboxylic acids is 2. The average molecular weight is 400 g/mol. The third-order valence-corrected chi connectivity index (χ3v) is 5.82. The Kier molecular flexibility index (Phi) is 6.84. The smallest absolute Gasteiger partial charge is 0.239 e. The van der Waals surface area contributed by atoms with E-state index in [1.807, 2.05) is 60.8 Å². The van der Waals surface area contributed by atoms with E-state index >= 15 is 0 Å². The summed E-state index contributed by atoms with van der Waals surface area (Å²) in [6.45, 7) is 2.95. The van der Waals surface area contributed by atoms with Gasteiger partial charge in [0.25, 0.3) is 0 Å². The van der Waals surface area contributed by atoms with E-state index in [9.17, 15) is 9.59 Å². The normalized spacial score (nSPS) is 10.7. The highest BCUT2D eigenvalue weighted by Gasteiger charge is 2.16. The van der Waals surface area contributed by atoms with Crippen LogP contribution < -0.4 is 5.32 Å². The first-order valence-corrected chi connectivity index (χ1v) is 10.6. The van der Waals surface area contributed by atoms with Crippen LogP contribution in [0.4, 0.5) is 0 Å². The lowest BCUT2D eigenvalue weighted by Crippen LogP contribution is -2.41. The van der Waals surface area contributed by atoms with Gasteiger partial charge in [-0.25, -0.2) is 4.98 Å². The van der Waals surface area contributed by atoms with Gasteiger partial charge in [-0.2, -0.15) is 0 Å². The van der Waals surface area contributed by atoms with E-state index in [1.165, 1.54) is 11.8 Å². The van der Waals surface area contributed by atoms with Crippen molar-refractivity contribution in [1.82, 2.24) is 15.2 Å². The highest BCUT2D eigenvalue weighted by Crippen LogP contribution is 2.20. The van der Waals surface area contributed by atoms with Gasteiger partial charge in [-0.05, 0) is 30.5 Å². The Bertz CT molecular complexity index is 912. The zero-order valence-corrected chi connectivity index (χ0v) is 16.7. The monoisotopic (exact) mass is 399 g/mol. The molecule has 0 saturated heterocycles. The number of rotatable bonds is 8. The minimum Gasteiger partial charge on any atom is -0.350 e. The van der Waals surface area contributed by atoms with Gasteiger partial charge in [-0.1, -0.05) is 42.1 Å². The van der Waals surface area contributed by atoms with Crippen LogP contribution in [-0.2, 0) is 16.1 Å². The molecule has 3 aromatic rings. The molecule has 0 aliphatic rings. The Balaban J connectivity index is 1.50. The summed E-state index contributed by atoms with van der Waals surface area (Å²) in [5, 5.41) is 6.71. The summed E-state index contributed by atoms with van der Waals surface area (Å²) in [6, 6.07) is 15.7. The number of hydrogen-bond donors (Lipinski definition) is 1. The van der Waals surface area contributed by atoms with Gasteiger partial charge in [0.2, 0.25) is 11.8 Å². The van der Waals surface area contributed by atoms with Gasteiger partial charge in [-0.3, -0.25) is 9.59 Å². The van der Waals surface area contributed by atoms with Crippen LogP contribution in [0, 0.1) is 0 Å². The van der Waals surface area contributed by atoms with E-state index in [4.69, 9.17) is 0 Å². The maximum absolute atomic E-state index is 12.5. The molecule has 1 aromatic carbocycles. The number of hydrogen-bond acceptors (Lipinski definition) is 5. The molecule has 0 aliphatic heterocycles. The predicted molar refractivity (Wildman–Crippen MR) is 111 cm³/mol. The highest BCUT2D eigenvalue weighted by atomic mass is 32.2. The van der Waals surface area contributed by atoms with Crippen molar-refractivity contribution < 1.29 is 9.59 Å². The van der Waals surface area contributed by atoms with Gasteiger partial charge in [0.05, 0.1) is 29.4 Å². The maximum Gasteiger partial charge on any atom is 0.239 e. The van der Waals surface area contributed by atoms with Gasteiger partial charge >= 0.3 is 0 Å². The standard InChI is InChI=1S/C20H21N3O2S2/c1-2-23(13-18(24)21-12-16-7-5-11-26-16)20(25)14-27-19-10-9-15-6-3-4-8-17(15)22-19/h3-11H,2,12-14H2,1H3,(H,21,24). The van der Waals surface area contributed by atoms with E-state index < -0.39 is 0 Å². The quantitative estimate of drug-likeness (QED) is 0.589. The summed E-state index contributed by atoms with van der Waals surface area (Å²) in [7, 11) is 0. The molecule has 0 atom stereocenters. The molecule has 2 aromatic heterocycles. The average Bonchev–Trinajstić information content (AvgIpc) is 3.22. The van der Waals surface area contributed by atoms with Crippen molar-refractivity contribution >= 4 is 45.8 Å². The summed E-state index contributed by atoms with van der Waals surface area (Å²) >= 11 is 2.99. The summed E-state index contributed by atoms with van der Waals surface area (Å²) in [5.41, 5.74) is 0.912. The Morgan fingerprint density at radius 2 is 2.00 bits per heavy atom. The van der Waals surface area contributed by atoms with Crippen LogP contribution in [0.25, 0.3) is 10.9 Å². The number of nitrogens with zero attached hydrogens (tertiary/aromatic N) is 2. The first-order chi connectivity index (χ1) is 13.2. The number of aromatic nitrogens is 1. The molecule has 0 bridgehead atoms. The number of thioether (sulfide) groups is 1. The minimum absolute atomic E-state index is 0.0660. The second kappa shape index (κ2) is 9.53. The molecular weight excluding hydrogens is 378 g/mol. The summed E-state index contributed by atoms with van der Waals surface area (Å²) in [5.74, 6) is 0.0494. The molecule has 0 spiro atoms. The van der Waals surface area contributed by atoms with Crippen LogP contribution in [-0.4, -0.2) is 40.5 Å². The van der Waals surface area contributed by atoms with E-state index in [-0.39, 0.29) is 24.1 Å². The second-order valence-electron chi connectivity index (χ2n) is 5.89. The van der Waals surface area contributed by atoms with Crippen molar-refractivity contribution in [3.05, 3.63) is 58.8 Å². The fourth-order valence-electron chi connectivity index (χ4n) is 2.56. The van der Waals surface area contributed by atoms with Crippen LogP contribution in [0.1, 0.15) is 11.8 Å². The molecule has 0 radical (unpaired) electrons. The van der Waals surface area contributed by atoms with Crippen molar-refractivity contribution in [1.29, 1.82) is 0 Å².